The fraction of sp³-hybridized carbons (Fsp3) is 0.100. The average molecular weight is 412 g/mol. The first-order valence-corrected chi connectivity index (χ1v) is 8.90. The van der Waals surface area contributed by atoms with Gasteiger partial charge in [0, 0.05) is 21.8 Å². The maximum atomic E-state index is 14.1. The third kappa shape index (κ3) is 3.13. The molecule has 0 saturated heterocycles. The Bertz CT molecular complexity index is 1110. The van der Waals surface area contributed by atoms with E-state index >= 15 is 0 Å². The predicted octanol–water partition coefficient (Wildman–Crippen LogP) is 5.25. The van der Waals surface area contributed by atoms with Crippen LogP contribution in [0, 0.1) is 5.95 Å². The lowest BCUT2D eigenvalue weighted by molar-refractivity contribution is 0.199. The van der Waals surface area contributed by atoms with Crippen LogP contribution in [-0.2, 0) is 0 Å². The van der Waals surface area contributed by atoms with Gasteiger partial charge in [-0.2, -0.15) is 4.39 Å². The number of hydrogen-bond acceptors (Lipinski definition) is 3. The van der Waals surface area contributed by atoms with Crippen molar-refractivity contribution in [1.82, 2.24) is 15.0 Å². The van der Waals surface area contributed by atoms with Crippen LogP contribution in [0.1, 0.15) is 18.6 Å². The zero-order chi connectivity index (χ0) is 18.3. The third-order valence-corrected chi connectivity index (χ3v) is 4.67. The number of aromatic nitrogens is 3. The van der Waals surface area contributed by atoms with Crippen LogP contribution in [0.4, 0.5) is 4.39 Å². The average Bonchev–Trinajstić information content (AvgIpc) is 3.07. The number of nitrogens with zero attached hydrogens (tertiary/aromatic N) is 2. The van der Waals surface area contributed by atoms with E-state index in [1.165, 1.54) is 6.20 Å². The van der Waals surface area contributed by atoms with Crippen molar-refractivity contribution < 1.29 is 9.50 Å². The number of rotatable bonds is 3. The number of hydrogen-bond donors (Lipinski definition) is 2. The van der Waals surface area contributed by atoms with Gasteiger partial charge in [0.05, 0.1) is 17.1 Å². The summed E-state index contributed by atoms with van der Waals surface area (Å²) in [5.41, 5.74) is 4.47. The summed E-state index contributed by atoms with van der Waals surface area (Å²) >= 11 is 3.33. The predicted molar refractivity (Wildman–Crippen MR) is 103 cm³/mol. The van der Waals surface area contributed by atoms with Gasteiger partial charge in [-0.3, -0.25) is 0 Å². The van der Waals surface area contributed by atoms with Crippen molar-refractivity contribution in [1.29, 1.82) is 0 Å². The van der Waals surface area contributed by atoms with Crippen LogP contribution >= 0.6 is 15.9 Å². The monoisotopic (exact) mass is 411 g/mol. The van der Waals surface area contributed by atoms with Gasteiger partial charge in [0.2, 0.25) is 5.95 Å². The summed E-state index contributed by atoms with van der Waals surface area (Å²) in [4.78, 5) is 11.6. The molecule has 4 nitrogen and oxygen atoms in total. The molecule has 0 fully saturated rings. The van der Waals surface area contributed by atoms with Gasteiger partial charge in [-0.05, 0) is 58.2 Å². The molecule has 2 aromatic carbocycles. The van der Waals surface area contributed by atoms with E-state index in [-0.39, 0.29) is 0 Å². The Morgan fingerprint density at radius 1 is 1.12 bits per heavy atom. The second-order valence-corrected chi connectivity index (χ2v) is 7.03. The maximum Gasteiger partial charge on any atom is 0.220 e. The van der Waals surface area contributed by atoms with Crippen molar-refractivity contribution in [2.24, 2.45) is 0 Å². The Hall–Kier alpha value is -2.57. The number of nitrogens with one attached hydrogen (secondary N) is 1. The fourth-order valence-corrected chi connectivity index (χ4v) is 3.21. The molecule has 2 N–H and O–H groups in total. The minimum atomic E-state index is -0.540. The number of pyridine rings is 1. The highest BCUT2D eigenvalue weighted by molar-refractivity contribution is 9.10. The van der Waals surface area contributed by atoms with E-state index in [9.17, 15) is 9.50 Å². The molecule has 0 spiro atoms. The minimum absolute atomic E-state index is 0.425. The molecular formula is C20H15BrFN3O. The molecule has 0 aliphatic carbocycles. The van der Waals surface area contributed by atoms with Crippen LogP contribution in [0.25, 0.3) is 33.5 Å². The largest absolute Gasteiger partial charge is 0.389 e. The Morgan fingerprint density at radius 2 is 1.92 bits per heavy atom. The molecule has 26 heavy (non-hydrogen) atoms. The Balaban J connectivity index is 1.79. The van der Waals surface area contributed by atoms with Gasteiger partial charge in [0.25, 0.3) is 0 Å². The SMILES string of the molecule is C[C@H](O)c1ccc2nc(-c3cccc(-c4cc(Br)cnc4F)c3)[nH]c2c1. The first kappa shape index (κ1) is 16.9. The van der Waals surface area contributed by atoms with E-state index in [2.05, 4.69) is 30.9 Å². The van der Waals surface area contributed by atoms with Crippen molar-refractivity contribution in [2.45, 2.75) is 13.0 Å². The molecule has 0 bridgehead atoms. The number of halogens is 2. The third-order valence-electron chi connectivity index (χ3n) is 4.24. The number of aliphatic hydroxyl groups is 1. The van der Waals surface area contributed by atoms with Gasteiger partial charge >= 0.3 is 0 Å². The van der Waals surface area contributed by atoms with Crippen LogP contribution in [-0.4, -0.2) is 20.1 Å². The van der Waals surface area contributed by atoms with E-state index < -0.39 is 12.1 Å². The van der Waals surface area contributed by atoms with Crippen LogP contribution in [0.15, 0.2) is 59.2 Å². The lowest BCUT2D eigenvalue weighted by Crippen LogP contribution is -1.90. The van der Waals surface area contributed by atoms with Crippen LogP contribution in [0.5, 0.6) is 0 Å². The van der Waals surface area contributed by atoms with Crippen LogP contribution in [0.3, 0.4) is 0 Å². The fourth-order valence-electron chi connectivity index (χ4n) is 2.88. The molecule has 130 valence electrons. The first-order valence-electron chi connectivity index (χ1n) is 8.11. The summed E-state index contributed by atoms with van der Waals surface area (Å²) in [6.45, 7) is 1.72. The van der Waals surface area contributed by atoms with Gasteiger partial charge in [-0.15, -0.1) is 0 Å². The maximum absolute atomic E-state index is 14.1. The Kier molecular flexibility index (Phi) is 4.30. The molecule has 0 aliphatic rings. The van der Waals surface area contributed by atoms with Gasteiger partial charge < -0.3 is 10.1 Å². The molecule has 2 heterocycles. The van der Waals surface area contributed by atoms with Crippen molar-refractivity contribution >= 4 is 27.0 Å². The lowest BCUT2D eigenvalue weighted by Gasteiger charge is -2.05. The number of H-pyrrole nitrogens is 1. The van der Waals surface area contributed by atoms with E-state index in [0.29, 0.717) is 15.9 Å². The number of benzene rings is 2. The summed E-state index contributed by atoms with van der Waals surface area (Å²) in [7, 11) is 0. The lowest BCUT2D eigenvalue weighted by atomic mass is 10.0. The molecule has 2 aromatic heterocycles. The van der Waals surface area contributed by atoms with Crippen LogP contribution < -0.4 is 0 Å². The van der Waals surface area contributed by atoms with E-state index in [0.717, 1.165) is 27.7 Å². The number of aliphatic hydroxyl groups excluding tert-OH is 1. The second kappa shape index (κ2) is 6.63. The molecule has 6 heteroatoms. The van der Waals surface area contributed by atoms with Gasteiger partial charge in [0.1, 0.15) is 5.82 Å². The highest BCUT2D eigenvalue weighted by Crippen LogP contribution is 2.29. The second-order valence-electron chi connectivity index (χ2n) is 6.11. The zero-order valence-electron chi connectivity index (χ0n) is 13.9. The summed E-state index contributed by atoms with van der Waals surface area (Å²) < 4.78 is 14.8. The summed E-state index contributed by atoms with van der Waals surface area (Å²) in [5.74, 6) is 0.171. The quantitative estimate of drug-likeness (QED) is 0.452. The molecule has 1 atom stereocenters. The zero-order valence-corrected chi connectivity index (χ0v) is 15.5. The Labute approximate surface area is 157 Å². The molecule has 0 saturated carbocycles. The van der Waals surface area contributed by atoms with E-state index in [4.69, 9.17) is 0 Å². The molecule has 0 unspecified atom stereocenters. The number of aromatic amines is 1. The van der Waals surface area contributed by atoms with Gasteiger partial charge in [0.15, 0.2) is 0 Å². The molecule has 0 amide bonds. The van der Waals surface area contributed by atoms with E-state index in [1.54, 1.807) is 13.0 Å². The highest BCUT2D eigenvalue weighted by atomic mass is 79.9. The molecule has 4 aromatic rings. The Morgan fingerprint density at radius 3 is 2.73 bits per heavy atom. The van der Waals surface area contributed by atoms with Crippen molar-refractivity contribution in [3.05, 3.63) is 70.7 Å². The standard InChI is InChI=1S/C20H15BrFN3O/c1-11(26)12-5-6-17-18(8-12)25-20(24-17)14-4-2-3-13(7-14)16-9-15(21)10-23-19(16)22/h2-11,26H,1H3,(H,24,25)/t11-/m0/s1. The van der Waals surface area contributed by atoms with E-state index in [1.807, 2.05) is 42.5 Å². The van der Waals surface area contributed by atoms with Crippen molar-refractivity contribution in [2.75, 3.05) is 0 Å². The number of imidazole rings is 1. The minimum Gasteiger partial charge on any atom is -0.389 e. The molecular weight excluding hydrogens is 397 g/mol. The smallest absolute Gasteiger partial charge is 0.220 e. The normalized spacial score (nSPS) is 12.5. The van der Waals surface area contributed by atoms with Gasteiger partial charge in [-0.25, -0.2) is 9.97 Å². The van der Waals surface area contributed by atoms with Crippen LogP contribution in [0.2, 0.25) is 0 Å². The molecule has 0 aliphatic heterocycles. The summed E-state index contributed by atoms with van der Waals surface area (Å²) in [5, 5.41) is 9.74. The first-order chi connectivity index (χ1) is 12.5. The van der Waals surface area contributed by atoms with Crippen molar-refractivity contribution in [3.63, 3.8) is 0 Å². The molecule has 4 rings (SSSR count). The topological polar surface area (TPSA) is 61.8 Å². The van der Waals surface area contributed by atoms with Crippen molar-refractivity contribution in [3.8, 4) is 22.5 Å². The van der Waals surface area contributed by atoms with Gasteiger partial charge in [-0.1, -0.05) is 24.3 Å². The highest BCUT2D eigenvalue weighted by Gasteiger charge is 2.11. The summed E-state index contributed by atoms with van der Waals surface area (Å²) in [6, 6.07) is 14.8. The molecule has 0 radical (unpaired) electrons. The summed E-state index contributed by atoms with van der Waals surface area (Å²) in [6.07, 6.45) is 0.892. The number of fused-ring (bicyclic) bond motifs is 1.